The number of hydrogen-bond donors (Lipinski definition) is 0. The van der Waals surface area contributed by atoms with E-state index in [1.165, 1.54) is 24.0 Å². The first-order chi connectivity index (χ1) is 9.19. The first-order valence-electron chi connectivity index (χ1n) is 7.42. The molecule has 1 saturated carbocycles. The molecule has 2 nitrogen and oxygen atoms in total. The summed E-state index contributed by atoms with van der Waals surface area (Å²) in [6.45, 7) is 2.88. The zero-order valence-electron chi connectivity index (χ0n) is 11.7. The number of ether oxygens (including phenoxy) is 1. The van der Waals surface area contributed by atoms with Crippen LogP contribution < -0.4 is 0 Å². The van der Waals surface area contributed by atoms with Crippen molar-refractivity contribution in [3.63, 3.8) is 0 Å². The molecule has 3 rings (SSSR count). The van der Waals surface area contributed by atoms with Gasteiger partial charge in [-0.25, -0.2) is 0 Å². The summed E-state index contributed by atoms with van der Waals surface area (Å²) < 4.78 is 5.86. The fraction of sp³-hybridized carbons (Fsp3) is 0.588. The maximum Gasteiger partial charge on any atom is 0.141 e. The van der Waals surface area contributed by atoms with Gasteiger partial charge in [-0.3, -0.25) is 4.79 Å². The average Bonchev–Trinajstić information content (AvgIpc) is 2.87. The number of rotatable bonds is 3. The summed E-state index contributed by atoms with van der Waals surface area (Å²) in [6.07, 6.45) is 6.01. The van der Waals surface area contributed by atoms with Crippen molar-refractivity contribution in [1.82, 2.24) is 0 Å². The molecular formula is C17H22O2. The van der Waals surface area contributed by atoms with E-state index in [0.29, 0.717) is 12.2 Å². The van der Waals surface area contributed by atoms with E-state index in [1.54, 1.807) is 0 Å². The number of fused-ring (bicyclic) bond motifs is 1. The summed E-state index contributed by atoms with van der Waals surface area (Å²) in [7, 11) is 0. The molecule has 0 amide bonds. The van der Waals surface area contributed by atoms with Crippen LogP contribution in [0.4, 0.5) is 0 Å². The summed E-state index contributed by atoms with van der Waals surface area (Å²) in [6, 6.07) is 8.39. The van der Waals surface area contributed by atoms with Crippen molar-refractivity contribution in [3.05, 3.63) is 35.4 Å². The lowest BCUT2D eigenvalue weighted by molar-refractivity contribution is -0.131. The Labute approximate surface area is 115 Å². The molecule has 1 atom stereocenters. The van der Waals surface area contributed by atoms with E-state index in [2.05, 4.69) is 25.1 Å². The Morgan fingerprint density at radius 1 is 1.32 bits per heavy atom. The van der Waals surface area contributed by atoms with Crippen LogP contribution in [0.15, 0.2) is 24.3 Å². The van der Waals surface area contributed by atoms with Gasteiger partial charge in [0.2, 0.25) is 0 Å². The van der Waals surface area contributed by atoms with Crippen LogP contribution in [0.3, 0.4) is 0 Å². The SMILES string of the molecule is CC1(C(=O)CC2OCCc3ccccc32)CCCC1. The largest absolute Gasteiger partial charge is 0.373 e. The van der Waals surface area contributed by atoms with E-state index >= 15 is 0 Å². The highest BCUT2D eigenvalue weighted by Gasteiger charge is 2.37. The second-order valence-corrected chi connectivity index (χ2v) is 6.20. The number of carbonyl (C=O) groups is 1. The molecule has 1 aliphatic carbocycles. The smallest absolute Gasteiger partial charge is 0.141 e. The molecule has 0 bridgehead atoms. The van der Waals surface area contributed by atoms with Crippen LogP contribution in [0.5, 0.6) is 0 Å². The van der Waals surface area contributed by atoms with Gasteiger partial charge >= 0.3 is 0 Å². The van der Waals surface area contributed by atoms with Crippen LogP contribution in [0.1, 0.15) is 56.3 Å². The molecule has 1 fully saturated rings. The molecule has 0 aromatic heterocycles. The number of Topliss-reactive ketones (excluding diaryl/α,β-unsaturated/α-hetero) is 1. The maximum absolute atomic E-state index is 12.6. The van der Waals surface area contributed by atoms with E-state index in [-0.39, 0.29) is 11.5 Å². The third-order valence-corrected chi connectivity index (χ3v) is 4.84. The lowest BCUT2D eigenvalue weighted by atomic mass is 9.80. The van der Waals surface area contributed by atoms with Crippen molar-refractivity contribution in [1.29, 1.82) is 0 Å². The van der Waals surface area contributed by atoms with Gasteiger partial charge in [-0.2, -0.15) is 0 Å². The molecular weight excluding hydrogens is 236 g/mol. The van der Waals surface area contributed by atoms with Gasteiger partial charge in [0.25, 0.3) is 0 Å². The minimum absolute atomic E-state index is 0.0186. The molecule has 19 heavy (non-hydrogen) atoms. The predicted octanol–water partition coefficient (Wildman–Crippen LogP) is 3.84. The van der Waals surface area contributed by atoms with Crippen LogP contribution in [0.2, 0.25) is 0 Å². The Morgan fingerprint density at radius 3 is 2.84 bits per heavy atom. The highest BCUT2D eigenvalue weighted by atomic mass is 16.5. The minimum Gasteiger partial charge on any atom is -0.373 e. The normalized spacial score (nSPS) is 25.0. The molecule has 0 radical (unpaired) electrons. The second-order valence-electron chi connectivity index (χ2n) is 6.20. The van der Waals surface area contributed by atoms with Crippen LogP contribution in [0.25, 0.3) is 0 Å². The fourth-order valence-corrected chi connectivity index (χ4v) is 3.49. The van der Waals surface area contributed by atoms with Gasteiger partial charge in [0, 0.05) is 11.8 Å². The zero-order valence-corrected chi connectivity index (χ0v) is 11.7. The zero-order chi connectivity index (χ0) is 13.3. The second kappa shape index (κ2) is 5.09. The van der Waals surface area contributed by atoms with Gasteiger partial charge < -0.3 is 4.74 Å². The standard InChI is InChI=1S/C17H22O2/c1-17(9-4-5-10-17)16(18)12-15-14-7-3-2-6-13(14)8-11-19-15/h2-3,6-7,15H,4-5,8-12H2,1H3. The van der Waals surface area contributed by atoms with E-state index in [0.717, 1.165) is 25.9 Å². The highest BCUT2D eigenvalue weighted by molar-refractivity contribution is 5.85. The molecule has 2 aliphatic rings. The summed E-state index contributed by atoms with van der Waals surface area (Å²) in [5, 5.41) is 0. The Kier molecular flexibility index (Phi) is 3.44. The van der Waals surface area contributed by atoms with E-state index < -0.39 is 0 Å². The molecule has 1 aromatic rings. The van der Waals surface area contributed by atoms with Gasteiger partial charge in [-0.15, -0.1) is 0 Å². The highest BCUT2D eigenvalue weighted by Crippen LogP contribution is 2.41. The quantitative estimate of drug-likeness (QED) is 0.823. The van der Waals surface area contributed by atoms with E-state index in [4.69, 9.17) is 4.74 Å². The molecule has 0 spiro atoms. The Bertz CT molecular complexity index is 472. The van der Waals surface area contributed by atoms with Crippen LogP contribution in [-0.4, -0.2) is 12.4 Å². The van der Waals surface area contributed by atoms with E-state index in [1.807, 2.05) is 6.07 Å². The van der Waals surface area contributed by atoms with Gasteiger partial charge in [-0.05, 0) is 30.4 Å². The number of ketones is 1. The average molecular weight is 258 g/mol. The number of carbonyl (C=O) groups excluding carboxylic acids is 1. The van der Waals surface area contributed by atoms with Crippen LogP contribution in [0, 0.1) is 5.41 Å². The Balaban J connectivity index is 1.76. The third-order valence-electron chi connectivity index (χ3n) is 4.84. The number of benzene rings is 1. The molecule has 1 aliphatic heterocycles. The van der Waals surface area contributed by atoms with Crippen molar-refractivity contribution in [3.8, 4) is 0 Å². The van der Waals surface area contributed by atoms with E-state index in [9.17, 15) is 4.79 Å². The summed E-state index contributed by atoms with van der Waals surface area (Å²) in [5.74, 6) is 0.395. The summed E-state index contributed by atoms with van der Waals surface area (Å²) in [4.78, 5) is 12.6. The lowest BCUT2D eigenvalue weighted by Crippen LogP contribution is -2.28. The summed E-state index contributed by atoms with van der Waals surface area (Å²) in [5.41, 5.74) is 2.49. The van der Waals surface area contributed by atoms with Crippen molar-refractivity contribution in [2.45, 2.75) is 51.6 Å². The van der Waals surface area contributed by atoms with Gasteiger partial charge in [-0.1, -0.05) is 44.0 Å². The van der Waals surface area contributed by atoms with Crippen LogP contribution >= 0.6 is 0 Å². The monoisotopic (exact) mass is 258 g/mol. The maximum atomic E-state index is 12.6. The lowest BCUT2D eigenvalue weighted by Gasteiger charge is -2.29. The first kappa shape index (κ1) is 12.9. The first-order valence-corrected chi connectivity index (χ1v) is 7.42. The third kappa shape index (κ3) is 2.46. The molecule has 2 heteroatoms. The van der Waals surface area contributed by atoms with Gasteiger partial charge in [0.05, 0.1) is 12.7 Å². The Morgan fingerprint density at radius 2 is 2.05 bits per heavy atom. The van der Waals surface area contributed by atoms with Gasteiger partial charge in [0.15, 0.2) is 0 Å². The van der Waals surface area contributed by atoms with Crippen molar-refractivity contribution < 1.29 is 9.53 Å². The van der Waals surface area contributed by atoms with Crippen molar-refractivity contribution >= 4 is 5.78 Å². The fourth-order valence-electron chi connectivity index (χ4n) is 3.49. The predicted molar refractivity (Wildman–Crippen MR) is 75.0 cm³/mol. The molecule has 0 N–H and O–H groups in total. The Hall–Kier alpha value is -1.15. The molecule has 0 saturated heterocycles. The minimum atomic E-state index is -0.0875. The molecule has 1 unspecified atom stereocenters. The molecule has 1 aromatic carbocycles. The number of hydrogen-bond acceptors (Lipinski definition) is 2. The topological polar surface area (TPSA) is 26.3 Å². The van der Waals surface area contributed by atoms with Crippen molar-refractivity contribution in [2.24, 2.45) is 5.41 Å². The van der Waals surface area contributed by atoms with Crippen LogP contribution in [-0.2, 0) is 16.0 Å². The summed E-state index contributed by atoms with van der Waals surface area (Å²) >= 11 is 0. The molecule has 102 valence electrons. The van der Waals surface area contributed by atoms with Gasteiger partial charge in [0.1, 0.15) is 5.78 Å². The molecule has 1 heterocycles. The van der Waals surface area contributed by atoms with Crippen molar-refractivity contribution in [2.75, 3.05) is 6.61 Å².